The van der Waals surface area contributed by atoms with Crippen molar-refractivity contribution in [3.63, 3.8) is 0 Å². The van der Waals surface area contributed by atoms with Crippen molar-refractivity contribution in [2.24, 2.45) is 0 Å². The Morgan fingerprint density at radius 2 is 2.00 bits per heavy atom. The summed E-state index contributed by atoms with van der Waals surface area (Å²) in [5, 5.41) is 0. The predicted octanol–water partition coefficient (Wildman–Crippen LogP) is 3.80. The van der Waals surface area contributed by atoms with Gasteiger partial charge in [-0.2, -0.15) is 17.4 Å². The Kier molecular flexibility index (Phi) is 5.50. The molecular formula is C24H26FN3O4S. The molecule has 0 radical (unpaired) electrons. The molecule has 5 rings (SSSR count). The van der Waals surface area contributed by atoms with Crippen LogP contribution in [0.2, 0.25) is 0 Å². The lowest BCUT2D eigenvalue weighted by Gasteiger charge is -2.27. The minimum Gasteiger partial charge on any atom is -0.487 e. The maximum Gasteiger partial charge on any atom is 0.279 e. The normalized spacial score (nSPS) is 22.5. The monoisotopic (exact) mass is 471 g/mol. The van der Waals surface area contributed by atoms with Gasteiger partial charge in [0.05, 0.1) is 5.41 Å². The van der Waals surface area contributed by atoms with Gasteiger partial charge < -0.3 is 9.15 Å². The molecule has 0 unspecified atom stereocenters. The molecule has 174 valence electrons. The van der Waals surface area contributed by atoms with Crippen LogP contribution in [0.15, 0.2) is 53.1 Å². The van der Waals surface area contributed by atoms with Gasteiger partial charge >= 0.3 is 0 Å². The standard InChI is InChI=1S/C24H26FN3O4S/c1-28(2)33(29,30)27-17-9-10-24(13-17)12-16-7-8-21(25)20(11-16)19-5-3-4-6-22(19)31-14-18-15-32-23(24)26-18/h3-8,11,15,17,27H,9-10,12-14H2,1-2H3/t17-,24+/m0/s1. The van der Waals surface area contributed by atoms with Crippen molar-refractivity contribution in [2.75, 3.05) is 14.1 Å². The van der Waals surface area contributed by atoms with E-state index in [0.717, 1.165) is 5.56 Å². The number of aromatic nitrogens is 1. The fourth-order valence-electron chi connectivity index (χ4n) is 4.84. The van der Waals surface area contributed by atoms with E-state index in [0.29, 0.717) is 54.1 Å². The molecule has 2 atom stereocenters. The van der Waals surface area contributed by atoms with Crippen molar-refractivity contribution in [1.82, 2.24) is 14.0 Å². The van der Waals surface area contributed by atoms with Gasteiger partial charge in [0.15, 0.2) is 0 Å². The van der Waals surface area contributed by atoms with Gasteiger partial charge in [0, 0.05) is 31.3 Å². The SMILES string of the molecule is CN(C)S(=O)(=O)N[C@H]1CC[C@@]2(Cc3ccc(F)c(c3)-c3ccccc3OCc3coc2n3)C1. The highest BCUT2D eigenvalue weighted by atomic mass is 32.2. The highest BCUT2D eigenvalue weighted by molar-refractivity contribution is 7.87. The highest BCUT2D eigenvalue weighted by Crippen LogP contribution is 2.45. The minimum absolute atomic E-state index is 0.189. The van der Waals surface area contributed by atoms with Crippen LogP contribution in [0.5, 0.6) is 5.75 Å². The number of halogens is 1. The van der Waals surface area contributed by atoms with E-state index in [4.69, 9.17) is 14.1 Å². The molecule has 3 aromatic rings. The number of benzene rings is 2. The van der Waals surface area contributed by atoms with Crippen molar-refractivity contribution >= 4 is 10.2 Å². The van der Waals surface area contributed by atoms with Crippen LogP contribution in [0.4, 0.5) is 4.39 Å². The van der Waals surface area contributed by atoms with Crippen LogP contribution in [0.3, 0.4) is 0 Å². The van der Waals surface area contributed by atoms with E-state index in [2.05, 4.69) is 4.72 Å². The summed E-state index contributed by atoms with van der Waals surface area (Å²) >= 11 is 0. The second kappa shape index (κ2) is 8.23. The average molecular weight is 472 g/mol. The molecule has 7 nitrogen and oxygen atoms in total. The van der Waals surface area contributed by atoms with E-state index in [1.807, 2.05) is 30.3 Å². The fourth-order valence-corrected chi connectivity index (χ4v) is 5.67. The van der Waals surface area contributed by atoms with Crippen molar-refractivity contribution in [2.45, 2.75) is 43.7 Å². The predicted molar refractivity (Wildman–Crippen MR) is 121 cm³/mol. The van der Waals surface area contributed by atoms with Gasteiger partial charge in [0.25, 0.3) is 10.2 Å². The topological polar surface area (TPSA) is 84.7 Å². The third kappa shape index (κ3) is 4.16. The number of ether oxygens (including phenoxy) is 1. The van der Waals surface area contributed by atoms with Crippen molar-refractivity contribution in [3.05, 3.63) is 71.7 Å². The van der Waals surface area contributed by atoms with E-state index >= 15 is 0 Å². The zero-order valence-corrected chi connectivity index (χ0v) is 19.4. The molecule has 4 bridgehead atoms. The number of nitrogens with one attached hydrogen (secondary N) is 1. The highest BCUT2D eigenvalue weighted by Gasteiger charge is 2.45. The van der Waals surface area contributed by atoms with Gasteiger partial charge in [-0.25, -0.2) is 9.37 Å². The number of fused-ring (bicyclic) bond motifs is 7. The van der Waals surface area contributed by atoms with Gasteiger partial charge in [0.1, 0.15) is 30.1 Å². The first-order valence-electron chi connectivity index (χ1n) is 10.9. The number of oxazole rings is 1. The number of rotatable bonds is 3. The Hall–Kier alpha value is -2.75. The zero-order valence-electron chi connectivity index (χ0n) is 18.5. The molecule has 2 aliphatic rings. The van der Waals surface area contributed by atoms with Gasteiger partial charge in [0.2, 0.25) is 5.89 Å². The molecule has 1 saturated carbocycles. The van der Waals surface area contributed by atoms with E-state index in [1.54, 1.807) is 12.3 Å². The summed E-state index contributed by atoms with van der Waals surface area (Å²) in [6, 6.07) is 12.2. The average Bonchev–Trinajstić information content (AvgIpc) is 3.41. The molecule has 1 N–H and O–H groups in total. The summed E-state index contributed by atoms with van der Waals surface area (Å²) in [7, 11) is -0.562. The first-order chi connectivity index (χ1) is 15.8. The van der Waals surface area contributed by atoms with Crippen molar-refractivity contribution in [1.29, 1.82) is 0 Å². The largest absolute Gasteiger partial charge is 0.487 e. The smallest absolute Gasteiger partial charge is 0.279 e. The molecule has 2 heterocycles. The van der Waals surface area contributed by atoms with Crippen molar-refractivity contribution < 1.29 is 22.0 Å². The Balaban J connectivity index is 1.57. The Bertz CT molecular complexity index is 1290. The van der Waals surface area contributed by atoms with Gasteiger partial charge in [-0.05, 0) is 49.4 Å². The molecule has 1 spiro atoms. The molecule has 1 aliphatic carbocycles. The van der Waals surface area contributed by atoms with E-state index in [-0.39, 0.29) is 18.5 Å². The molecule has 0 amide bonds. The number of para-hydroxylation sites is 1. The third-order valence-electron chi connectivity index (χ3n) is 6.54. The summed E-state index contributed by atoms with van der Waals surface area (Å²) in [6.07, 6.45) is 4.02. The van der Waals surface area contributed by atoms with Crippen LogP contribution < -0.4 is 9.46 Å². The number of hydrogen-bond acceptors (Lipinski definition) is 5. The molecule has 1 aromatic heterocycles. The van der Waals surface area contributed by atoms with Crippen molar-refractivity contribution in [3.8, 4) is 16.9 Å². The quantitative estimate of drug-likeness (QED) is 0.628. The van der Waals surface area contributed by atoms with E-state index in [9.17, 15) is 12.8 Å². The van der Waals surface area contributed by atoms with Gasteiger partial charge in [-0.3, -0.25) is 0 Å². The van der Waals surface area contributed by atoms with Crippen LogP contribution in [0.1, 0.15) is 36.4 Å². The second-order valence-corrected chi connectivity index (χ2v) is 11.0. The molecule has 1 aliphatic heterocycles. The summed E-state index contributed by atoms with van der Waals surface area (Å²) in [5.41, 5.74) is 2.22. The Morgan fingerprint density at radius 3 is 2.82 bits per heavy atom. The maximum absolute atomic E-state index is 14.9. The summed E-state index contributed by atoms with van der Waals surface area (Å²) in [5.74, 6) is 0.819. The van der Waals surface area contributed by atoms with Crippen LogP contribution in [0, 0.1) is 5.82 Å². The Morgan fingerprint density at radius 1 is 1.18 bits per heavy atom. The fraction of sp³-hybridized carbons (Fsp3) is 0.375. The minimum atomic E-state index is -3.56. The molecule has 33 heavy (non-hydrogen) atoms. The summed E-state index contributed by atoms with van der Waals surface area (Å²) in [6.45, 7) is 0.189. The Labute approximate surface area is 192 Å². The van der Waals surface area contributed by atoms with E-state index < -0.39 is 15.6 Å². The lowest BCUT2D eigenvalue weighted by Crippen LogP contribution is -2.42. The van der Waals surface area contributed by atoms with Crippen LogP contribution in [-0.4, -0.2) is 37.8 Å². The van der Waals surface area contributed by atoms with E-state index in [1.165, 1.54) is 24.5 Å². The lowest BCUT2D eigenvalue weighted by atomic mass is 9.79. The van der Waals surface area contributed by atoms with Gasteiger partial charge in [-0.1, -0.05) is 24.3 Å². The maximum atomic E-state index is 14.9. The summed E-state index contributed by atoms with van der Waals surface area (Å²) < 4.78 is 55.6. The molecule has 1 fully saturated rings. The van der Waals surface area contributed by atoms with Crippen LogP contribution in [0.25, 0.3) is 11.1 Å². The molecular weight excluding hydrogens is 445 g/mol. The third-order valence-corrected chi connectivity index (χ3v) is 8.13. The first-order valence-corrected chi connectivity index (χ1v) is 12.4. The summed E-state index contributed by atoms with van der Waals surface area (Å²) in [4.78, 5) is 4.72. The first kappa shape index (κ1) is 22.1. The number of nitrogens with zero attached hydrogens (tertiary/aromatic N) is 2. The number of hydrogen-bond donors (Lipinski definition) is 1. The van der Waals surface area contributed by atoms with Gasteiger partial charge in [-0.15, -0.1) is 0 Å². The second-order valence-electron chi connectivity index (χ2n) is 9.05. The molecule has 0 saturated heterocycles. The molecule has 9 heteroatoms. The lowest BCUT2D eigenvalue weighted by molar-refractivity contribution is 0.301. The molecule has 2 aromatic carbocycles. The zero-order chi connectivity index (χ0) is 23.2. The van der Waals surface area contributed by atoms with Crippen LogP contribution in [-0.2, 0) is 28.7 Å². The van der Waals surface area contributed by atoms with Crippen LogP contribution >= 0.6 is 0 Å².